The topological polar surface area (TPSA) is 92.0 Å². The van der Waals surface area contributed by atoms with Crippen LogP contribution < -0.4 is 5.73 Å². The summed E-state index contributed by atoms with van der Waals surface area (Å²) in [6.45, 7) is 0. The van der Waals surface area contributed by atoms with Crippen molar-refractivity contribution < 1.29 is 9.90 Å². The number of rotatable bonds is 3. The van der Waals surface area contributed by atoms with Crippen molar-refractivity contribution in [3.8, 4) is 0 Å². The minimum atomic E-state index is -0.970. The zero-order chi connectivity index (χ0) is 10.8. The molecule has 1 aromatic heterocycles. The summed E-state index contributed by atoms with van der Waals surface area (Å²) in [5, 5.41) is 15.8. The van der Waals surface area contributed by atoms with E-state index in [0.29, 0.717) is 6.42 Å². The highest BCUT2D eigenvalue weighted by Gasteiger charge is 2.20. The van der Waals surface area contributed by atoms with Crippen LogP contribution in [0.5, 0.6) is 0 Å². The SMILES string of the molecule is NC(Cc1n[nH]c2c1CCCC2)C(=O)O. The molecule has 1 atom stereocenters. The zero-order valence-corrected chi connectivity index (χ0v) is 8.49. The van der Waals surface area contributed by atoms with Crippen LogP contribution >= 0.6 is 0 Å². The first kappa shape index (κ1) is 10.2. The fourth-order valence-electron chi connectivity index (χ4n) is 2.01. The molecule has 0 saturated carbocycles. The van der Waals surface area contributed by atoms with Crippen molar-refractivity contribution in [2.24, 2.45) is 5.73 Å². The van der Waals surface area contributed by atoms with Crippen molar-refractivity contribution in [1.29, 1.82) is 0 Å². The summed E-state index contributed by atoms with van der Waals surface area (Å²) in [7, 11) is 0. The van der Waals surface area contributed by atoms with Gasteiger partial charge in [-0.2, -0.15) is 5.10 Å². The third-order valence-electron chi connectivity index (χ3n) is 2.87. The molecule has 4 N–H and O–H groups in total. The average molecular weight is 209 g/mol. The minimum absolute atomic E-state index is 0.321. The second-order valence-electron chi connectivity index (χ2n) is 3.98. The molecule has 0 amide bonds. The standard InChI is InChI=1S/C10H15N3O2/c11-7(10(14)15)5-9-6-3-1-2-4-8(6)12-13-9/h7H,1-5,11H2,(H,12,13)(H,14,15). The lowest BCUT2D eigenvalue weighted by atomic mass is 9.94. The lowest BCUT2D eigenvalue weighted by Crippen LogP contribution is -2.32. The molecule has 0 bridgehead atoms. The van der Waals surface area contributed by atoms with Crippen LogP contribution in [0.15, 0.2) is 0 Å². The Hall–Kier alpha value is -1.36. The van der Waals surface area contributed by atoms with E-state index in [-0.39, 0.29) is 0 Å². The van der Waals surface area contributed by atoms with Crippen molar-refractivity contribution >= 4 is 5.97 Å². The molecule has 1 unspecified atom stereocenters. The van der Waals surface area contributed by atoms with Crippen LogP contribution in [0.25, 0.3) is 0 Å². The number of hydrogen-bond acceptors (Lipinski definition) is 3. The number of carbonyl (C=O) groups is 1. The van der Waals surface area contributed by atoms with Crippen LogP contribution in [0.1, 0.15) is 29.8 Å². The lowest BCUT2D eigenvalue weighted by molar-refractivity contribution is -0.138. The van der Waals surface area contributed by atoms with Gasteiger partial charge in [-0.05, 0) is 31.2 Å². The zero-order valence-electron chi connectivity index (χ0n) is 8.49. The second-order valence-corrected chi connectivity index (χ2v) is 3.98. The fraction of sp³-hybridized carbons (Fsp3) is 0.600. The van der Waals surface area contributed by atoms with E-state index in [4.69, 9.17) is 10.8 Å². The van der Waals surface area contributed by atoms with Gasteiger partial charge in [0.2, 0.25) is 0 Å². The first-order chi connectivity index (χ1) is 7.18. The van der Waals surface area contributed by atoms with E-state index in [1.165, 1.54) is 12.0 Å². The van der Waals surface area contributed by atoms with Gasteiger partial charge in [0.1, 0.15) is 6.04 Å². The number of aryl methyl sites for hydroxylation is 1. The van der Waals surface area contributed by atoms with Gasteiger partial charge in [-0.1, -0.05) is 0 Å². The smallest absolute Gasteiger partial charge is 0.320 e. The van der Waals surface area contributed by atoms with E-state index in [9.17, 15) is 4.79 Å². The van der Waals surface area contributed by atoms with Crippen LogP contribution in [-0.4, -0.2) is 27.3 Å². The Morgan fingerprint density at radius 1 is 1.53 bits per heavy atom. The summed E-state index contributed by atoms with van der Waals surface area (Å²) in [6.07, 6.45) is 4.67. The molecule has 5 nitrogen and oxygen atoms in total. The maximum absolute atomic E-state index is 10.6. The highest BCUT2D eigenvalue weighted by atomic mass is 16.4. The molecule has 2 rings (SSSR count). The number of nitrogens with zero attached hydrogens (tertiary/aromatic N) is 1. The number of nitrogens with one attached hydrogen (secondary N) is 1. The van der Waals surface area contributed by atoms with Crippen LogP contribution in [0, 0.1) is 0 Å². The highest BCUT2D eigenvalue weighted by Crippen LogP contribution is 2.22. The quantitative estimate of drug-likeness (QED) is 0.665. The molecule has 0 radical (unpaired) electrons. The van der Waals surface area contributed by atoms with Gasteiger partial charge in [0.15, 0.2) is 0 Å². The maximum atomic E-state index is 10.6. The number of carboxylic acids is 1. The molecule has 5 heteroatoms. The molecule has 15 heavy (non-hydrogen) atoms. The molecule has 1 aliphatic carbocycles. The van der Waals surface area contributed by atoms with Crippen LogP contribution in [-0.2, 0) is 24.1 Å². The van der Waals surface area contributed by atoms with Gasteiger partial charge in [0.25, 0.3) is 0 Å². The number of aliphatic carboxylic acids is 1. The molecular weight excluding hydrogens is 194 g/mol. The maximum Gasteiger partial charge on any atom is 0.320 e. The normalized spacial score (nSPS) is 17.1. The molecule has 0 spiro atoms. The molecule has 0 saturated heterocycles. The first-order valence-corrected chi connectivity index (χ1v) is 5.22. The summed E-state index contributed by atoms with van der Waals surface area (Å²) in [5.41, 5.74) is 8.67. The van der Waals surface area contributed by atoms with Gasteiger partial charge in [-0.3, -0.25) is 9.89 Å². The third-order valence-corrected chi connectivity index (χ3v) is 2.87. The first-order valence-electron chi connectivity index (χ1n) is 5.22. The minimum Gasteiger partial charge on any atom is -0.480 e. The summed E-state index contributed by atoms with van der Waals surface area (Å²) in [4.78, 5) is 10.6. The molecule has 0 aromatic carbocycles. The van der Waals surface area contributed by atoms with Crippen LogP contribution in [0.4, 0.5) is 0 Å². The Labute approximate surface area is 87.7 Å². The number of aromatic nitrogens is 2. The van der Waals surface area contributed by atoms with Gasteiger partial charge in [0, 0.05) is 12.1 Å². The van der Waals surface area contributed by atoms with E-state index in [1.54, 1.807) is 0 Å². The fourth-order valence-corrected chi connectivity index (χ4v) is 2.01. The third kappa shape index (κ3) is 2.02. The number of fused-ring (bicyclic) bond motifs is 1. The van der Waals surface area contributed by atoms with Gasteiger partial charge in [0.05, 0.1) is 5.69 Å². The summed E-state index contributed by atoms with van der Waals surface area (Å²) < 4.78 is 0. The highest BCUT2D eigenvalue weighted by molar-refractivity contribution is 5.73. The van der Waals surface area contributed by atoms with Crippen molar-refractivity contribution in [2.75, 3.05) is 0 Å². The predicted octanol–water partition coefficient (Wildman–Crippen LogP) is 0.243. The molecule has 1 heterocycles. The average Bonchev–Trinajstić information content (AvgIpc) is 2.62. The number of aromatic amines is 1. The number of nitrogens with two attached hydrogens (primary N) is 1. The van der Waals surface area contributed by atoms with Gasteiger partial charge >= 0.3 is 5.97 Å². The van der Waals surface area contributed by atoms with E-state index in [2.05, 4.69) is 10.2 Å². The monoisotopic (exact) mass is 209 g/mol. The summed E-state index contributed by atoms with van der Waals surface area (Å²) in [5.74, 6) is -0.970. The van der Waals surface area contributed by atoms with Gasteiger partial charge in [-0.25, -0.2) is 0 Å². The summed E-state index contributed by atoms with van der Waals surface area (Å²) >= 11 is 0. The van der Waals surface area contributed by atoms with Crippen LogP contribution in [0.3, 0.4) is 0 Å². The Morgan fingerprint density at radius 2 is 2.27 bits per heavy atom. The Bertz CT molecular complexity index is 373. The second kappa shape index (κ2) is 4.02. The lowest BCUT2D eigenvalue weighted by Gasteiger charge is -2.12. The number of H-pyrrole nitrogens is 1. The Morgan fingerprint density at radius 3 is 3.00 bits per heavy atom. The van der Waals surface area contributed by atoms with Crippen molar-refractivity contribution in [2.45, 2.75) is 38.1 Å². The van der Waals surface area contributed by atoms with E-state index in [0.717, 1.165) is 30.7 Å². The van der Waals surface area contributed by atoms with Crippen molar-refractivity contribution in [3.05, 3.63) is 17.0 Å². The molecule has 1 aliphatic rings. The predicted molar refractivity (Wildman–Crippen MR) is 54.5 cm³/mol. The molecular formula is C10H15N3O2. The molecule has 82 valence electrons. The molecule has 0 fully saturated rings. The van der Waals surface area contributed by atoms with Crippen molar-refractivity contribution in [1.82, 2.24) is 10.2 Å². The van der Waals surface area contributed by atoms with Gasteiger partial charge < -0.3 is 10.8 Å². The Kier molecular flexibility index (Phi) is 2.73. The summed E-state index contributed by atoms with van der Waals surface area (Å²) in [6, 6.07) is -0.848. The largest absolute Gasteiger partial charge is 0.480 e. The Balaban J connectivity index is 2.15. The molecule has 1 aromatic rings. The number of carboxylic acid groups (broad SMARTS) is 1. The van der Waals surface area contributed by atoms with E-state index in [1.807, 2.05) is 0 Å². The van der Waals surface area contributed by atoms with E-state index >= 15 is 0 Å². The van der Waals surface area contributed by atoms with Crippen molar-refractivity contribution in [3.63, 3.8) is 0 Å². The number of hydrogen-bond donors (Lipinski definition) is 3. The van der Waals surface area contributed by atoms with Gasteiger partial charge in [-0.15, -0.1) is 0 Å². The van der Waals surface area contributed by atoms with Crippen LogP contribution in [0.2, 0.25) is 0 Å². The molecule has 0 aliphatic heterocycles. The van der Waals surface area contributed by atoms with E-state index < -0.39 is 12.0 Å².